The zero-order valence-electron chi connectivity index (χ0n) is 17.0. The molecule has 3 fully saturated rings. The minimum absolute atomic E-state index is 0.273. The van der Waals surface area contributed by atoms with Crippen LogP contribution in [0.25, 0.3) is 0 Å². The topological polar surface area (TPSA) is 108 Å². The van der Waals surface area contributed by atoms with E-state index in [2.05, 4.69) is 0 Å². The van der Waals surface area contributed by atoms with Gasteiger partial charge in [0.2, 0.25) is 0 Å². The van der Waals surface area contributed by atoms with Gasteiger partial charge in [-0.25, -0.2) is 4.79 Å². The predicted molar refractivity (Wildman–Crippen MR) is 104 cm³/mol. The molecule has 2 heterocycles. The van der Waals surface area contributed by atoms with Crippen molar-refractivity contribution in [1.29, 1.82) is 0 Å². The molecule has 8 heteroatoms. The highest BCUT2D eigenvalue weighted by molar-refractivity contribution is 6.01. The lowest BCUT2D eigenvalue weighted by molar-refractivity contribution is -0.251. The molecule has 31 heavy (non-hydrogen) atoms. The third-order valence-electron chi connectivity index (χ3n) is 6.63. The molecule has 1 aromatic carbocycles. The van der Waals surface area contributed by atoms with Gasteiger partial charge in [0, 0.05) is 31.6 Å². The fourth-order valence-corrected chi connectivity index (χ4v) is 5.13. The third-order valence-corrected chi connectivity index (χ3v) is 6.63. The van der Waals surface area contributed by atoms with E-state index in [9.17, 15) is 19.5 Å². The molecule has 2 aliphatic carbocycles. The highest BCUT2D eigenvalue weighted by Crippen LogP contribution is 2.47. The van der Waals surface area contributed by atoms with E-state index in [4.69, 9.17) is 18.9 Å². The lowest BCUT2D eigenvalue weighted by Gasteiger charge is -2.40. The van der Waals surface area contributed by atoms with E-state index in [0.29, 0.717) is 31.2 Å². The van der Waals surface area contributed by atoms with Crippen LogP contribution in [0.4, 0.5) is 0 Å². The van der Waals surface area contributed by atoms with E-state index in [-0.39, 0.29) is 5.57 Å². The first kappa shape index (κ1) is 19.9. The summed E-state index contributed by atoms with van der Waals surface area (Å²) in [5.74, 6) is -8.00. The van der Waals surface area contributed by atoms with Crippen LogP contribution in [-0.4, -0.2) is 34.6 Å². The largest absolute Gasteiger partial charge is 0.480 e. The van der Waals surface area contributed by atoms with E-state index in [1.54, 1.807) is 30.3 Å². The van der Waals surface area contributed by atoms with Gasteiger partial charge in [-0.15, -0.1) is 0 Å². The van der Waals surface area contributed by atoms with Gasteiger partial charge >= 0.3 is 17.9 Å². The molecule has 1 saturated heterocycles. The molecule has 4 aliphatic rings. The first-order valence-electron chi connectivity index (χ1n) is 10.8. The zero-order valence-corrected chi connectivity index (χ0v) is 17.0. The molecule has 0 amide bonds. The van der Waals surface area contributed by atoms with Gasteiger partial charge in [0.15, 0.2) is 5.92 Å². The molecule has 2 spiro atoms. The maximum atomic E-state index is 13.1. The quantitative estimate of drug-likeness (QED) is 0.577. The average Bonchev–Trinajstić information content (AvgIpc) is 3.36. The second-order valence-corrected chi connectivity index (χ2v) is 8.65. The summed E-state index contributed by atoms with van der Waals surface area (Å²) in [4.78, 5) is 39.2. The van der Waals surface area contributed by atoms with Crippen LogP contribution in [0, 0.1) is 5.92 Å². The summed E-state index contributed by atoms with van der Waals surface area (Å²) >= 11 is 0. The molecule has 0 unspecified atom stereocenters. The molecule has 1 aromatic rings. The highest BCUT2D eigenvalue weighted by atomic mass is 16.8. The van der Waals surface area contributed by atoms with Gasteiger partial charge in [-0.05, 0) is 31.2 Å². The summed E-state index contributed by atoms with van der Waals surface area (Å²) in [7, 11) is 0. The van der Waals surface area contributed by atoms with Gasteiger partial charge in [0.05, 0.1) is 0 Å². The van der Waals surface area contributed by atoms with Crippen LogP contribution < -0.4 is 0 Å². The number of hydrogen-bond acceptors (Lipinski definition) is 8. The van der Waals surface area contributed by atoms with Gasteiger partial charge in [-0.1, -0.05) is 30.3 Å². The Balaban J connectivity index is 1.55. The summed E-state index contributed by atoms with van der Waals surface area (Å²) in [6, 6.07) is 8.52. The van der Waals surface area contributed by atoms with E-state index in [1.165, 1.54) is 0 Å². The zero-order chi connectivity index (χ0) is 21.6. The highest BCUT2D eigenvalue weighted by Gasteiger charge is 2.57. The third kappa shape index (κ3) is 3.34. The maximum Gasteiger partial charge on any atom is 0.345 e. The molecular formula is C23H24O8. The van der Waals surface area contributed by atoms with Gasteiger partial charge in [0.1, 0.15) is 5.57 Å². The van der Waals surface area contributed by atoms with Crippen LogP contribution in [0.15, 0.2) is 41.9 Å². The summed E-state index contributed by atoms with van der Waals surface area (Å²) in [5.41, 5.74) is 0.193. The fourth-order valence-electron chi connectivity index (χ4n) is 5.13. The van der Waals surface area contributed by atoms with Crippen molar-refractivity contribution in [2.75, 3.05) is 0 Å². The van der Waals surface area contributed by atoms with Gasteiger partial charge < -0.3 is 24.1 Å². The molecule has 164 valence electrons. The van der Waals surface area contributed by atoms with Crippen LogP contribution in [-0.2, 0) is 33.3 Å². The standard InChI is InChI=1S/C23H24O8/c24-18-16(19(25)29-22(28-18)10-4-5-11-22)15(14-8-2-1-3-9-14)17-20(26)30-23(31-21(17)27)12-6-7-13-23/h1-3,8-9,15-16,26H,4-7,10-13H2/t15-/m1/s1. The van der Waals surface area contributed by atoms with Crippen molar-refractivity contribution in [3.8, 4) is 0 Å². The van der Waals surface area contributed by atoms with Crippen LogP contribution in [0.2, 0.25) is 0 Å². The number of aliphatic hydroxyl groups is 1. The molecule has 1 atom stereocenters. The summed E-state index contributed by atoms with van der Waals surface area (Å²) in [5, 5.41) is 10.8. The van der Waals surface area contributed by atoms with Crippen LogP contribution in [0.1, 0.15) is 62.8 Å². The predicted octanol–water partition coefficient (Wildman–Crippen LogP) is 3.37. The minimum atomic E-state index is -1.46. The molecule has 2 saturated carbocycles. The molecule has 0 aromatic heterocycles. The van der Waals surface area contributed by atoms with Crippen molar-refractivity contribution in [2.24, 2.45) is 5.92 Å². The maximum absolute atomic E-state index is 13.1. The Bertz CT molecular complexity index is 918. The SMILES string of the molecule is O=C1OC2(CCCC2)OC(O)=C1[C@H](c1ccccc1)C1C(=O)OC2(CCCC2)OC1=O. The van der Waals surface area contributed by atoms with Crippen molar-refractivity contribution in [3.05, 3.63) is 47.4 Å². The Morgan fingerprint density at radius 2 is 1.29 bits per heavy atom. The first-order chi connectivity index (χ1) is 14.9. The summed E-state index contributed by atoms with van der Waals surface area (Å²) in [6.07, 6.45) is 5.06. The minimum Gasteiger partial charge on any atom is -0.480 e. The normalized spacial score (nSPS) is 25.9. The van der Waals surface area contributed by atoms with Crippen LogP contribution in [0.3, 0.4) is 0 Å². The summed E-state index contributed by atoms with van der Waals surface area (Å²) in [6.45, 7) is 0. The van der Waals surface area contributed by atoms with Gasteiger partial charge in [-0.3, -0.25) is 9.59 Å². The molecule has 0 radical (unpaired) electrons. The van der Waals surface area contributed by atoms with E-state index in [1.807, 2.05) is 0 Å². The van der Waals surface area contributed by atoms with Crippen molar-refractivity contribution < 1.29 is 38.4 Å². The monoisotopic (exact) mass is 428 g/mol. The Labute approximate surface area is 179 Å². The molecule has 8 nitrogen and oxygen atoms in total. The van der Waals surface area contributed by atoms with E-state index in [0.717, 1.165) is 25.7 Å². The number of ether oxygens (including phenoxy) is 4. The smallest absolute Gasteiger partial charge is 0.345 e. The van der Waals surface area contributed by atoms with Gasteiger partial charge in [-0.2, -0.15) is 0 Å². The number of rotatable bonds is 3. The number of hydrogen-bond donors (Lipinski definition) is 1. The van der Waals surface area contributed by atoms with Gasteiger partial charge in [0.25, 0.3) is 17.5 Å². The van der Waals surface area contributed by atoms with Crippen LogP contribution >= 0.6 is 0 Å². The molecule has 5 rings (SSSR count). The molecule has 1 N–H and O–H groups in total. The molecule has 0 bridgehead atoms. The Morgan fingerprint density at radius 1 is 0.774 bits per heavy atom. The number of esters is 3. The number of benzene rings is 1. The van der Waals surface area contributed by atoms with Crippen molar-refractivity contribution in [1.82, 2.24) is 0 Å². The van der Waals surface area contributed by atoms with E-state index >= 15 is 0 Å². The van der Waals surface area contributed by atoms with Crippen molar-refractivity contribution in [2.45, 2.75) is 68.9 Å². The second-order valence-electron chi connectivity index (χ2n) is 8.65. The van der Waals surface area contributed by atoms with Crippen LogP contribution in [0.5, 0.6) is 0 Å². The number of carbonyl (C=O) groups is 3. The first-order valence-corrected chi connectivity index (χ1v) is 10.8. The molecular weight excluding hydrogens is 404 g/mol. The lowest BCUT2D eigenvalue weighted by atomic mass is 9.79. The fraction of sp³-hybridized carbons (Fsp3) is 0.522. The number of aliphatic hydroxyl groups excluding tert-OH is 1. The molecule has 2 aliphatic heterocycles. The van der Waals surface area contributed by atoms with Crippen molar-refractivity contribution in [3.63, 3.8) is 0 Å². The van der Waals surface area contributed by atoms with E-state index < -0.39 is 47.3 Å². The Kier molecular flexibility index (Phi) is 4.68. The van der Waals surface area contributed by atoms with Crippen molar-refractivity contribution >= 4 is 17.9 Å². The Morgan fingerprint density at radius 3 is 1.81 bits per heavy atom. The lowest BCUT2D eigenvalue weighted by Crippen LogP contribution is -2.51. The average molecular weight is 428 g/mol. The number of carbonyl (C=O) groups excluding carboxylic acids is 3. The summed E-state index contributed by atoms with van der Waals surface area (Å²) < 4.78 is 22.4. The Hall–Kier alpha value is -3.03. The second kappa shape index (κ2) is 7.28.